The Morgan fingerprint density at radius 1 is 1.30 bits per heavy atom. The Balaban J connectivity index is 1.59. The van der Waals surface area contributed by atoms with Crippen LogP contribution in [0.1, 0.15) is 30.1 Å². The first-order chi connectivity index (χ1) is 11.3. The maximum atomic E-state index is 5.36. The van der Waals surface area contributed by atoms with Crippen molar-refractivity contribution in [2.24, 2.45) is 0 Å². The summed E-state index contributed by atoms with van der Waals surface area (Å²) in [5.41, 5.74) is 3.98. The molecule has 1 aromatic carbocycles. The van der Waals surface area contributed by atoms with Gasteiger partial charge in [0.15, 0.2) is 5.82 Å². The van der Waals surface area contributed by atoms with E-state index in [1.165, 1.54) is 29.8 Å². The molecule has 1 aliphatic heterocycles. The minimum atomic E-state index is 0.384. The molecule has 0 bridgehead atoms. The monoisotopic (exact) mass is 314 g/mol. The second-order valence-electron chi connectivity index (χ2n) is 6.33. The summed E-state index contributed by atoms with van der Waals surface area (Å²) in [6.45, 7) is 5.26. The van der Waals surface area contributed by atoms with Gasteiger partial charge in [-0.25, -0.2) is 0 Å². The predicted octanol–water partition coefficient (Wildman–Crippen LogP) is 2.51. The number of aryl methyl sites for hydroxylation is 1. The molecule has 6 heteroatoms. The molecule has 0 saturated heterocycles. The average Bonchev–Trinajstić information content (AvgIpc) is 3.30. The van der Waals surface area contributed by atoms with Crippen molar-refractivity contribution in [3.8, 4) is 0 Å². The van der Waals surface area contributed by atoms with Crippen LogP contribution in [0.4, 0.5) is 11.4 Å². The minimum absolute atomic E-state index is 0.384. The normalized spacial score (nSPS) is 17.5. The summed E-state index contributed by atoms with van der Waals surface area (Å²) in [6.07, 6.45) is 2.63. The lowest BCUT2D eigenvalue weighted by Gasteiger charge is -2.39. The van der Waals surface area contributed by atoms with Gasteiger partial charge < -0.3 is 19.1 Å². The van der Waals surface area contributed by atoms with Gasteiger partial charge in [-0.3, -0.25) is 0 Å². The lowest BCUT2D eigenvalue weighted by molar-refractivity contribution is 0.174. The van der Waals surface area contributed by atoms with E-state index >= 15 is 0 Å². The Morgan fingerprint density at radius 2 is 2.17 bits per heavy atom. The van der Waals surface area contributed by atoms with E-state index in [4.69, 9.17) is 9.26 Å². The number of nitrogens with zero attached hydrogens (tertiary/aromatic N) is 4. The van der Waals surface area contributed by atoms with E-state index < -0.39 is 0 Å². The van der Waals surface area contributed by atoms with Crippen LogP contribution in [0.5, 0.6) is 0 Å². The number of rotatable bonds is 5. The molecule has 23 heavy (non-hydrogen) atoms. The van der Waals surface area contributed by atoms with Crippen molar-refractivity contribution in [1.29, 1.82) is 0 Å². The second kappa shape index (κ2) is 5.85. The highest BCUT2D eigenvalue weighted by atomic mass is 16.5. The number of hydrogen-bond donors (Lipinski definition) is 0. The van der Waals surface area contributed by atoms with Crippen molar-refractivity contribution >= 4 is 11.4 Å². The standard InChI is InChI=1S/C17H22N4O2/c1-12-4-3-5-14-17(12)21(13-6-7-13)9-8-20(14)10-16-18-15(11-22-2)19-23-16/h3-5,13H,6-11H2,1-2H3. The van der Waals surface area contributed by atoms with Crippen molar-refractivity contribution in [2.45, 2.75) is 39.0 Å². The number of methoxy groups -OCH3 is 1. The van der Waals surface area contributed by atoms with Gasteiger partial charge in [-0.1, -0.05) is 17.3 Å². The molecule has 122 valence electrons. The number of benzene rings is 1. The van der Waals surface area contributed by atoms with Crippen LogP contribution >= 0.6 is 0 Å². The molecule has 0 N–H and O–H groups in total. The molecule has 6 nitrogen and oxygen atoms in total. The van der Waals surface area contributed by atoms with Gasteiger partial charge in [0.05, 0.1) is 17.9 Å². The first-order valence-corrected chi connectivity index (χ1v) is 8.18. The number of para-hydroxylation sites is 1. The number of fused-ring (bicyclic) bond motifs is 1. The highest BCUT2D eigenvalue weighted by molar-refractivity contribution is 5.77. The van der Waals surface area contributed by atoms with E-state index in [1.54, 1.807) is 7.11 Å². The van der Waals surface area contributed by atoms with Crippen LogP contribution in [0.2, 0.25) is 0 Å². The molecule has 0 unspecified atom stereocenters. The highest BCUT2D eigenvalue weighted by Crippen LogP contribution is 2.42. The Kier molecular flexibility index (Phi) is 3.69. The SMILES string of the molecule is COCc1noc(CN2CCN(C3CC3)c3c(C)cccc32)n1. The van der Waals surface area contributed by atoms with Crippen LogP contribution < -0.4 is 9.80 Å². The van der Waals surface area contributed by atoms with Crippen LogP contribution in [0, 0.1) is 6.92 Å². The zero-order chi connectivity index (χ0) is 15.8. The van der Waals surface area contributed by atoms with Gasteiger partial charge in [0.1, 0.15) is 6.61 Å². The van der Waals surface area contributed by atoms with E-state index in [9.17, 15) is 0 Å². The summed E-state index contributed by atoms with van der Waals surface area (Å²) in [5.74, 6) is 1.24. The number of aromatic nitrogens is 2. The van der Waals surface area contributed by atoms with E-state index in [2.05, 4.69) is 45.1 Å². The molecule has 4 rings (SSSR count). The van der Waals surface area contributed by atoms with Gasteiger partial charge in [0.25, 0.3) is 0 Å². The maximum Gasteiger partial charge on any atom is 0.246 e. The third-order valence-corrected chi connectivity index (χ3v) is 4.55. The number of hydrogen-bond acceptors (Lipinski definition) is 6. The van der Waals surface area contributed by atoms with Crippen molar-refractivity contribution in [3.63, 3.8) is 0 Å². The lowest BCUT2D eigenvalue weighted by atomic mass is 10.1. The first kappa shape index (κ1) is 14.5. The predicted molar refractivity (Wildman–Crippen MR) is 87.6 cm³/mol. The van der Waals surface area contributed by atoms with E-state index in [0.717, 1.165) is 19.1 Å². The molecule has 1 aliphatic carbocycles. The smallest absolute Gasteiger partial charge is 0.246 e. The molecule has 2 aliphatic rings. The van der Waals surface area contributed by atoms with Gasteiger partial charge in [-0.2, -0.15) is 4.98 Å². The molecule has 2 heterocycles. The van der Waals surface area contributed by atoms with E-state index in [0.29, 0.717) is 24.9 Å². The van der Waals surface area contributed by atoms with Crippen molar-refractivity contribution in [1.82, 2.24) is 10.1 Å². The molecular weight excluding hydrogens is 292 g/mol. The number of ether oxygens (including phenoxy) is 1. The maximum absolute atomic E-state index is 5.36. The Morgan fingerprint density at radius 3 is 2.96 bits per heavy atom. The van der Waals surface area contributed by atoms with Crippen molar-refractivity contribution in [2.75, 3.05) is 30.0 Å². The molecular formula is C17H22N4O2. The summed E-state index contributed by atoms with van der Waals surface area (Å²) < 4.78 is 10.4. The largest absolute Gasteiger partial charge is 0.377 e. The lowest BCUT2D eigenvalue weighted by Crippen LogP contribution is -2.42. The minimum Gasteiger partial charge on any atom is -0.377 e. The van der Waals surface area contributed by atoms with E-state index in [-0.39, 0.29) is 0 Å². The first-order valence-electron chi connectivity index (χ1n) is 8.18. The molecule has 1 saturated carbocycles. The highest BCUT2D eigenvalue weighted by Gasteiger charge is 2.35. The van der Waals surface area contributed by atoms with Crippen molar-refractivity contribution < 1.29 is 9.26 Å². The van der Waals surface area contributed by atoms with E-state index in [1.807, 2.05) is 0 Å². The van der Waals surface area contributed by atoms with Crippen LogP contribution in [0.25, 0.3) is 0 Å². The molecule has 0 spiro atoms. The average molecular weight is 314 g/mol. The van der Waals surface area contributed by atoms with Gasteiger partial charge in [-0.15, -0.1) is 0 Å². The third kappa shape index (κ3) is 2.79. The summed E-state index contributed by atoms with van der Waals surface area (Å²) in [7, 11) is 1.63. The van der Waals surface area contributed by atoms with Crippen LogP contribution in [-0.4, -0.2) is 36.4 Å². The topological polar surface area (TPSA) is 54.6 Å². The fraction of sp³-hybridized carbons (Fsp3) is 0.529. The summed E-state index contributed by atoms with van der Waals surface area (Å²) >= 11 is 0. The third-order valence-electron chi connectivity index (χ3n) is 4.55. The van der Waals surface area contributed by atoms with Gasteiger partial charge in [0, 0.05) is 26.2 Å². The van der Waals surface area contributed by atoms with Gasteiger partial charge >= 0.3 is 0 Å². The summed E-state index contributed by atoms with van der Waals surface area (Å²) in [6, 6.07) is 7.25. The summed E-state index contributed by atoms with van der Waals surface area (Å²) in [4.78, 5) is 9.31. The molecule has 1 fully saturated rings. The molecule has 1 aromatic heterocycles. The zero-order valence-electron chi connectivity index (χ0n) is 13.7. The quantitative estimate of drug-likeness (QED) is 0.845. The Hall–Kier alpha value is -2.08. The Labute approximate surface area is 136 Å². The number of anilines is 2. The molecule has 0 amide bonds. The summed E-state index contributed by atoms with van der Waals surface area (Å²) in [5, 5.41) is 3.95. The van der Waals surface area contributed by atoms with Crippen LogP contribution in [0.15, 0.2) is 22.7 Å². The zero-order valence-corrected chi connectivity index (χ0v) is 13.7. The molecule has 0 atom stereocenters. The van der Waals surface area contributed by atoms with Gasteiger partial charge in [-0.05, 0) is 31.4 Å². The van der Waals surface area contributed by atoms with Gasteiger partial charge in [0.2, 0.25) is 5.89 Å². The van der Waals surface area contributed by atoms with Crippen molar-refractivity contribution in [3.05, 3.63) is 35.5 Å². The van der Waals surface area contributed by atoms with Crippen LogP contribution in [-0.2, 0) is 17.9 Å². The fourth-order valence-electron chi connectivity index (χ4n) is 3.35. The fourth-order valence-corrected chi connectivity index (χ4v) is 3.35. The Bertz CT molecular complexity index is 696. The molecule has 0 radical (unpaired) electrons. The second-order valence-corrected chi connectivity index (χ2v) is 6.33. The molecule has 2 aromatic rings. The van der Waals surface area contributed by atoms with Crippen LogP contribution in [0.3, 0.4) is 0 Å².